The standard InChI is InChI=1S/C16H15FN6/c1-22(2)11-19-15-20-16-18-10-9-14(23(16)21-15)8-5-12-3-6-13(17)7-4-12/h3-11H,1-2H3. The summed E-state index contributed by atoms with van der Waals surface area (Å²) in [5.41, 5.74) is 1.69. The molecule has 0 amide bonds. The van der Waals surface area contributed by atoms with Crippen molar-refractivity contribution in [3.05, 3.63) is 53.6 Å². The van der Waals surface area contributed by atoms with Gasteiger partial charge in [-0.2, -0.15) is 9.50 Å². The Labute approximate surface area is 132 Å². The predicted molar refractivity (Wildman–Crippen MR) is 87.9 cm³/mol. The highest BCUT2D eigenvalue weighted by Gasteiger charge is 2.05. The number of benzene rings is 1. The molecule has 0 fully saturated rings. The number of aromatic nitrogens is 4. The van der Waals surface area contributed by atoms with Gasteiger partial charge in [0.15, 0.2) is 0 Å². The van der Waals surface area contributed by atoms with E-state index in [0.717, 1.165) is 11.3 Å². The summed E-state index contributed by atoms with van der Waals surface area (Å²) >= 11 is 0. The fourth-order valence-electron chi connectivity index (χ4n) is 1.90. The Kier molecular flexibility index (Phi) is 4.09. The van der Waals surface area contributed by atoms with Gasteiger partial charge >= 0.3 is 0 Å². The van der Waals surface area contributed by atoms with Crippen LogP contribution in [0.2, 0.25) is 0 Å². The van der Waals surface area contributed by atoms with Crippen LogP contribution in [0.25, 0.3) is 17.9 Å². The van der Waals surface area contributed by atoms with Crippen molar-refractivity contribution in [2.24, 2.45) is 4.99 Å². The van der Waals surface area contributed by atoms with Crippen LogP contribution in [-0.4, -0.2) is 44.9 Å². The zero-order chi connectivity index (χ0) is 16.2. The second-order valence-corrected chi connectivity index (χ2v) is 5.09. The van der Waals surface area contributed by atoms with Crippen LogP contribution in [0.1, 0.15) is 11.3 Å². The average Bonchev–Trinajstić information content (AvgIpc) is 2.96. The molecule has 0 spiro atoms. The van der Waals surface area contributed by atoms with Crippen LogP contribution in [0.5, 0.6) is 0 Å². The van der Waals surface area contributed by atoms with Crippen molar-refractivity contribution in [1.29, 1.82) is 0 Å². The molecule has 0 N–H and O–H groups in total. The Morgan fingerprint density at radius 1 is 1.13 bits per heavy atom. The van der Waals surface area contributed by atoms with E-state index in [0.29, 0.717) is 11.7 Å². The molecule has 23 heavy (non-hydrogen) atoms. The first-order chi connectivity index (χ1) is 11.1. The normalized spacial score (nSPS) is 11.8. The molecule has 116 valence electrons. The van der Waals surface area contributed by atoms with Crippen LogP contribution < -0.4 is 0 Å². The molecular formula is C16H15FN6. The summed E-state index contributed by atoms with van der Waals surface area (Å²) in [6.07, 6.45) is 7.03. The molecule has 6 nitrogen and oxygen atoms in total. The summed E-state index contributed by atoms with van der Waals surface area (Å²) in [5, 5.41) is 4.32. The number of halogens is 1. The predicted octanol–water partition coefficient (Wildman–Crippen LogP) is 2.66. The summed E-state index contributed by atoms with van der Waals surface area (Å²) in [6.45, 7) is 0. The van der Waals surface area contributed by atoms with Gasteiger partial charge in [-0.05, 0) is 29.8 Å². The van der Waals surface area contributed by atoms with Crippen molar-refractivity contribution in [3.8, 4) is 0 Å². The van der Waals surface area contributed by atoms with E-state index in [1.165, 1.54) is 12.1 Å². The lowest BCUT2D eigenvalue weighted by Crippen LogP contribution is -2.07. The average molecular weight is 310 g/mol. The quantitative estimate of drug-likeness (QED) is 0.549. The Morgan fingerprint density at radius 2 is 1.91 bits per heavy atom. The van der Waals surface area contributed by atoms with Gasteiger partial charge in [0.05, 0.1) is 12.0 Å². The van der Waals surface area contributed by atoms with Crippen LogP contribution in [0.4, 0.5) is 10.3 Å². The molecular weight excluding hydrogens is 295 g/mol. The number of rotatable bonds is 4. The van der Waals surface area contributed by atoms with Crippen molar-refractivity contribution < 1.29 is 4.39 Å². The highest BCUT2D eigenvalue weighted by atomic mass is 19.1. The highest BCUT2D eigenvalue weighted by molar-refractivity contribution is 5.68. The zero-order valence-corrected chi connectivity index (χ0v) is 12.8. The summed E-state index contributed by atoms with van der Waals surface area (Å²) in [6, 6.07) is 8.08. The van der Waals surface area contributed by atoms with E-state index < -0.39 is 0 Å². The highest BCUT2D eigenvalue weighted by Crippen LogP contribution is 2.12. The maximum absolute atomic E-state index is 12.9. The lowest BCUT2D eigenvalue weighted by atomic mass is 10.2. The first-order valence-corrected chi connectivity index (χ1v) is 6.98. The smallest absolute Gasteiger partial charge is 0.272 e. The van der Waals surface area contributed by atoms with Crippen LogP contribution in [0.3, 0.4) is 0 Å². The maximum Gasteiger partial charge on any atom is 0.272 e. The fourth-order valence-corrected chi connectivity index (χ4v) is 1.90. The first-order valence-electron chi connectivity index (χ1n) is 6.98. The van der Waals surface area contributed by atoms with Crippen molar-refractivity contribution in [1.82, 2.24) is 24.5 Å². The van der Waals surface area contributed by atoms with Crippen molar-refractivity contribution in [3.63, 3.8) is 0 Å². The molecule has 0 aliphatic rings. The Bertz CT molecular complexity index is 864. The van der Waals surface area contributed by atoms with Crippen LogP contribution in [-0.2, 0) is 0 Å². The van der Waals surface area contributed by atoms with E-state index in [2.05, 4.69) is 20.1 Å². The van der Waals surface area contributed by atoms with Crippen LogP contribution in [0.15, 0.2) is 41.5 Å². The molecule has 0 saturated heterocycles. The first kappa shape index (κ1) is 14.8. The number of hydrogen-bond donors (Lipinski definition) is 0. The lowest BCUT2D eigenvalue weighted by Gasteiger charge is -1.99. The lowest BCUT2D eigenvalue weighted by molar-refractivity contribution is 0.628. The summed E-state index contributed by atoms with van der Waals surface area (Å²) < 4.78 is 14.5. The van der Waals surface area contributed by atoms with E-state index in [1.807, 2.05) is 32.3 Å². The van der Waals surface area contributed by atoms with Gasteiger partial charge in [0.1, 0.15) is 5.82 Å². The maximum atomic E-state index is 12.9. The monoisotopic (exact) mass is 310 g/mol. The van der Waals surface area contributed by atoms with E-state index in [9.17, 15) is 4.39 Å². The zero-order valence-electron chi connectivity index (χ0n) is 12.8. The molecule has 2 heterocycles. The van der Waals surface area contributed by atoms with Crippen LogP contribution in [0, 0.1) is 5.82 Å². The van der Waals surface area contributed by atoms with Gasteiger partial charge in [0.25, 0.3) is 11.7 Å². The molecule has 7 heteroatoms. The van der Waals surface area contributed by atoms with Gasteiger partial charge in [-0.1, -0.05) is 18.2 Å². The molecule has 2 aromatic heterocycles. The third kappa shape index (κ3) is 3.57. The minimum Gasteiger partial charge on any atom is -0.369 e. The number of aliphatic imine (C=N–C) groups is 1. The third-order valence-electron chi connectivity index (χ3n) is 2.98. The molecule has 0 bridgehead atoms. The molecule has 0 unspecified atom stereocenters. The van der Waals surface area contributed by atoms with Gasteiger partial charge in [0, 0.05) is 20.3 Å². The minimum atomic E-state index is -0.256. The molecule has 0 atom stereocenters. The van der Waals surface area contributed by atoms with Gasteiger partial charge in [-0.15, -0.1) is 5.10 Å². The molecule has 0 aliphatic heterocycles. The Hall–Kier alpha value is -3.09. The SMILES string of the molecule is CN(C)C=Nc1nc2nccc(C=Cc3ccc(F)cc3)n2n1. The number of hydrogen-bond acceptors (Lipinski definition) is 4. The Balaban J connectivity index is 1.92. The van der Waals surface area contributed by atoms with Gasteiger partial charge in [0.2, 0.25) is 0 Å². The second-order valence-electron chi connectivity index (χ2n) is 5.09. The molecule has 0 aliphatic carbocycles. The fraction of sp³-hybridized carbons (Fsp3) is 0.125. The molecule has 0 saturated carbocycles. The molecule has 3 rings (SSSR count). The van der Waals surface area contributed by atoms with E-state index in [1.54, 1.807) is 34.1 Å². The van der Waals surface area contributed by atoms with Gasteiger partial charge in [-0.25, -0.2) is 14.4 Å². The van der Waals surface area contributed by atoms with Crippen LogP contribution >= 0.6 is 0 Å². The minimum absolute atomic E-state index is 0.256. The second kappa shape index (κ2) is 6.35. The summed E-state index contributed by atoms with van der Waals surface area (Å²) in [5.74, 6) is 0.555. The third-order valence-corrected chi connectivity index (χ3v) is 2.98. The van der Waals surface area contributed by atoms with E-state index in [4.69, 9.17) is 0 Å². The van der Waals surface area contributed by atoms with E-state index in [-0.39, 0.29) is 5.82 Å². The van der Waals surface area contributed by atoms with E-state index >= 15 is 0 Å². The molecule has 3 aromatic rings. The Morgan fingerprint density at radius 3 is 2.65 bits per heavy atom. The van der Waals surface area contributed by atoms with Crippen molar-refractivity contribution >= 4 is 30.2 Å². The number of fused-ring (bicyclic) bond motifs is 1. The number of nitrogens with zero attached hydrogens (tertiary/aromatic N) is 6. The summed E-state index contributed by atoms with van der Waals surface area (Å²) in [7, 11) is 3.74. The largest absolute Gasteiger partial charge is 0.369 e. The molecule has 1 aromatic carbocycles. The van der Waals surface area contributed by atoms with Crippen molar-refractivity contribution in [2.75, 3.05) is 14.1 Å². The molecule has 0 radical (unpaired) electrons. The van der Waals surface area contributed by atoms with Gasteiger partial charge in [-0.3, -0.25) is 0 Å². The summed E-state index contributed by atoms with van der Waals surface area (Å²) in [4.78, 5) is 14.4. The van der Waals surface area contributed by atoms with Crippen molar-refractivity contribution in [2.45, 2.75) is 0 Å². The topological polar surface area (TPSA) is 58.7 Å². The van der Waals surface area contributed by atoms with Gasteiger partial charge < -0.3 is 4.90 Å².